The average molecular weight is 251 g/mol. The number of hydrogen-bond donors (Lipinski definition) is 1. The minimum Gasteiger partial charge on any atom is -0.265 e. The van der Waals surface area contributed by atoms with Gasteiger partial charge in [0.2, 0.25) is 10.0 Å². The van der Waals surface area contributed by atoms with Gasteiger partial charge in [-0.1, -0.05) is 0 Å². The summed E-state index contributed by atoms with van der Waals surface area (Å²) in [5.41, 5.74) is 0. The molecule has 1 aromatic rings. The van der Waals surface area contributed by atoms with E-state index in [1.807, 2.05) is 4.72 Å². The van der Waals surface area contributed by atoms with Gasteiger partial charge in [0.25, 0.3) is 0 Å². The number of nitrogens with one attached hydrogen (secondary N) is 1. The van der Waals surface area contributed by atoms with Gasteiger partial charge in [-0.15, -0.1) is 0 Å². The van der Waals surface area contributed by atoms with Crippen LogP contribution in [-0.2, 0) is 19.9 Å². The van der Waals surface area contributed by atoms with Crippen molar-refractivity contribution in [2.45, 2.75) is 0 Å². The number of rotatable bonds is 4. The van der Waals surface area contributed by atoms with Gasteiger partial charge in [-0.05, 0) is 0 Å². The first-order valence-corrected chi connectivity index (χ1v) is 7.44. The van der Waals surface area contributed by atoms with Crippen LogP contribution in [0.2, 0.25) is 0 Å². The van der Waals surface area contributed by atoms with Gasteiger partial charge in [0.1, 0.15) is 0 Å². The van der Waals surface area contributed by atoms with Crippen molar-refractivity contribution in [2.24, 2.45) is 0 Å². The Bertz CT molecular complexity index is 523. The van der Waals surface area contributed by atoms with Crippen molar-refractivity contribution in [3.05, 3.63) is 18.6 Å². The SMILES string of the molecule is CS(=O)(=O)CS(=O)(=O)Nc1cnccn1. The summed E-state index contributed by atoms with van der Waals surface area (Å²) < 4.78 is 46.1. The summed E-state index contributed by atoms with van der Waals surface area (Å²) >= 11 is 0. The van der Waals surface area contributed by atoms with Crippen LogP contribution < -0.4 is 4.72 Å². The van der Waals surface area contributed by atoms with Crippen LogP contribution in [0.25, 0.3) is 0 Å². The van der Waals surface area contributed by atoms with Crippen molar-refractivity contribution in [3.8, 4) is 0 Å². The van der Waals surface area contributed by atoms with Crippen LogP contribution in [0, 0.1) is 0 Å². The highest BCUT2D eigenvalue weighted by molar-refractivity contribution is 8.08. The van der Waals surface area contributed by atoms with E-state index < -0.39 is 24.9 Å². The molecule has 0 unspecified atom stereocenters. The molecule has 0 aliphatic carbocycles. The maximum absolute atomic E-state index is 11.3. The third-order valence-corrected chi connectivity index (χ3v) is 4.67. The van der Waals surface area contributed by atoms with Crippen molar-refractivity contribution in [1.82, 2.24) is 9.97 Å². The van der Waals surface area contributed by atoms with E-state index in [0.29, 0.717) is 0 Å². The molecule has 0 aliphatic heterocycles. The van der Waals surface area contributed by atoms with Gasteiger partial charge in [-0.25, -0.2) is 21.8 Å². The lowest BCUT2D eigenvalue weighted by Gasteiger charge is -2.04. The Morgan fingerprint density at radius 2 is 1.93 bits per heavy atom. The molecule has 0 saturated carbocycles. The zero-order chi connectivity index (χ0) is 11.5. The molecular formula is C6H9N3O4S2. The number of nitrogens with zero attached hydrogens (tertiary/aromatic N) is 2. The monoisotopic (exact) mass is 251 g/mol. The van der Waals surface area contributed by atoms with E-state index in [-0.39, 0.29) is 5.82 Å². The minimum atomic E-state index is -3.93. The van der Waals surface area contributed by atoms with Gasteiger partial charge in [-0.2, -0.15) is 0 Å². The second-order valence-electron chi connectivity index (χ2n) is 2.85. The molecule has 0 bridgehead atoms. The molecule has 1 rings (SSSR count). The van der Waals surface area contributed by atoms with Crippen LogP contribution in [0.5, 0.6) is 0 Å². The van der Waals surface area contributed by atoms with Gasteiger partial charge < -0.3 is 0 Å². The van der Waals surface area contributed by atoms with Crippen molar-refractivity contribution < 1.29 is 16.8 Å². The lowest BCUT2D eigenvalue weighted by atomic mass is 10.7. The molecule has 0 spiro atoms. The molecule has 7 nitrogen and oxygen atoms in total. The largest absolute Gasteiger partial charge is 0.265 e. The van der Waals surface area contributed by atoms with Gasteiger partial charge in [0, 0.05) is 18.6 Å². The van der Waals surface area contributed by atoms with Gasteiger partial charge in [-0.3, -0.25) is 9.71 Å². The molecule has 0 amide bonds. The maximum atomic E-state index is 11.3. The number of aromatic nitrogens is 2. The van der Waals surface area contributed by atoms with Gasteiger partial charge in [0.15, 0.2) is 20.7 Å². The number of anilines is 1. The van der Waals surface area contributed by atoms with Crippen molar-refractivity contribution in [1.29, 1.82) is 0 Å². The zero-order valence-corrected chi connectivity index (χ0v) is 9.42. The average Bonchev–Trinajstić information content (AvgIpc) is 1.99. The predicted molar refractivity (Wildman–Crippen MR) is 54.3 cm³/mol. The molecule has 15 heavy (non-hydrogen) atoms. The molecule has 1 N–H and O–H groups in total. The van der Waals surface area contributed by atoms with E-state index >= 15 is 0 Å². The van der Waals surface area contributed by atoms with Gasteiger partial charge in [0.05, 0.1) is 6.20 Å². The van der Waals surface area contributed by atoms with Crippen molar-refractivity contribution in [3.63, 3.8) is 0 Å². The highest BCUT2D eigenvalue weighted by atomic mass is 32.3. The lowest BCUT2D eigenvalue weighted by molar-refractivity contribution is 0.594. The summed E-state index contributed by atoms with van der Waals surface area (Å²) in [6, 6.07) is 0. The van der Waals surface area contributed by atoms with Crippen molar-refractivity contribution >= 4 is 25.7 Å². The first kappa shape index (κ1) is 11.9. The fourth-order valence-corrected chi connectivity index (χ4v) is 3.74. The molecule has 84 valence electrons. The molecule has 0 aliphatic rings. The molecule has 1 aromatic heterocycles. The molecule has 0 radical (unpaired) electrons. The molecule has 0 atom stereocenters. The first-order valence-electron chi connectivity index (χ1n) is 3.73. The third-order valence-electron chi connectivity index (χ3n) is 1.19. The molecule has 0 saturated heterocycles. The van der Waals surface area contributed by atoms with Crippen LogP contribution in [-0.4, -0.2) is 38.1 Å². The lowest BCUT2D eigenvalue weighted by Crippen LogP contribution is -2.22. The highest BCUT2D eigenvalue weighted by Gasteiger charge is 2.18. The Labute approximate surface area is 87.5 Å². The van der Waals surface area contributed by atoms with Crippen LogP contribution >= 0.6 is 0 Å². The van der Waals surface area contributed by atoms with Crippen LogP contribution in [0.3, 0.4) is 0 Å². The summed E-state index contributed by atoms with van der Waals surface area (Å²) in [6.45, 7) is 0. The third kappa shape index (κ3) is 4.70. The fourth-order valence-electron chi connectivity index (χ4n) is 0.822. The number of sulfonamides is 1. The Morgan fingerprint density at radius 3 is 2.40 bits per heavy atom. The Kier molecular flexibility index (Phi) is 3.25. The second-order valence-corrected chi connectivity index (χ2v) is 7.08. The summed E-state index contributed by atoms with van der Waals surface area (Å²) in [5.74, 6) is -0.0128. The predicted octanol–water partition coefficient (Wildman–Crippen LogP) is -0.780. The Hall–Kier alpha value is -1.22. The zero-order valence-electron chi connectivity index (χ0n) is 7.78. The quantitative estimate of drug-likeness (QED) is 0.752. The highest BCUT2D eigenvalue weighted by Crippen LogP contribution is 2.03. The van der Waals surface area contributed by atoms with Crippen LogP contribution in [0.15, 0.2) is 18.6 Å². The standard InChI is InChI=1S/C6H9N3O4S2/c1-14(10,11)5-15(12,13)9-6-4-7-2-3-8-6/h2-4H,5H2,1H3,(H,8,9). The van der Waals surface area contributed by atoms with Crippen LogP contribution in [0.4, 0.5) is 5.82 Å². The Morgan fingerprint density at radius 1 is 1.27 bits per heavy atom. The smallest absolute Gasteiger partial charge is 0.248 e. The summed E-state index contributed by atoms with van der Waals surface area (Å²) in [4.78, 5) is 7.27. The minimum absolute atomic E-state index is 0.0128. The normalized spacial score (nSPS) is 12.3. The fraction of sp³-hybridized carbons (Fsp3) is 0.333. The van der Waals surface area contributed by atoms with E-state index in [0.717, 1.165) is 6.26 Å². The van der Waals surface area contributed by atoms with E-state index in [9.17, 15) is 16.8 Å². The second kappa shape index (κ2) is 4.11. The number of hydrogen-bond acceptors (Lipinski definition) is 6. The molecular weight excluding hydrogens is 242 g/mol. The molecule has 0 aromatic carbocycles. The van der Waals surface area contributed by atoms with E-state index in [4.69, 9.17) is 0 Å². The molecule has 9 heteroatoms. The Balaban J connectivity index is 2.83. The summed E-state index contributed by atoms with van der Waals surface area (Å²) in [5, 5.41) is -0.976. The molecule has 1 heterocycles. The van der Waals surface area contributed by atoms with E-state index in [1.54, 1.807) is 0 Å². The summed E-state index contributed by atoms with van der Waals surface area (Å²) in [7, 11) is -7.53. The first-order chi connectivity index (χ1) is 6.79. The topological polar surface area (TPSA) is 106 Å². The van der Waals surface area contributed by atoms with E-state index in [1.165, 1.54) is 18.6 Å². The summed E-state index contributed by atoms with van der Waals surface area (Å²) in [6.07, 6.45) is 4.68. The van der Waals surface area contributed by atoms with E-state index in [2.05, 4.69) is 9.97 Å². The maximum Gasteiger partial charge on any atom is 0.248 e. The molecule has 0 fully saturated rings. The van der Waals surface area contributed by atoms with Gasteiger partial charge >= 0.3 is 0 Å². The van der Waals surface area contributed by atoms with Crippen molar-refractivity contribution in [2.75, 3.05) is 16.1 Å². The van der Waals surface area contributed by atoms with Crippen LogP contribution in [0.1, 0.15) is 0 Å². The number of sulfone groups is 1.